The number of hydrogen-bond acceptors (Lipinski definition) is 5. The highest BCUT2D eigenvalue weighted by Crippen LogP contribution is 2.18. The van der Waals surface area contributed by atoms with Crippen LogP contribution in [0.15, 0.2) is 0 Å². The molecule has 0 aromatic carbocycles. The molecule has 1 fully saturated rings. The van der Waals surface area contributed by atoms with E-state index in [0.29, 0.717) is 6.54 Å². The fourth-order valence-corrected chi connectivity index (χ4v) is 2.45. The van der Waals surface area contributed by atoms with Crippen molar-refractivity contribution in [2.75, 3.05) is 26.7 Å². The molecule has 8 heteroatoms. The summed E-state index contributed by atoms with van der Waals surface area (Å²) < 4.78 is 5.35. The number of methoxy groups -OCH3 is 1. The van der Waals surface area contributed by atoms with Crippen molar-refractivity contribution in [3.63, 3.8) is 0 Å². The van der Waals surface area contributed by atoms with Gasteiger partial charge in [-0.1, -0.05) is 0 Å². The number of nitrogens with zero attached hydrogens (tertiary/aromatic N) is 1. The Balaban J connectivity index is 0.00000441. The second-order valence-electron chi connectivity index (χ2n) is 6.49. The highest BCUT2D eigenvalue weighted by Gasteiger charge is 2.29. The largest absolute Gasteiger partial charge is 0.381 e. The number of nitrogens with two attached hydrogens (primary N) is 1. The van der Waals surface area contributed by atoms with Gasteiger partial charge in [-0.3, -0.25) is 15.0 Å². The van der Waals surface area contributed by atoms with Gasteiger partial charge in [0.15, 0.2) is 0 Å². The maximum absolute atomic E-state index is 11.9. The molecule has 1 heterocycles. The van der Waals surface area contributed by atoms with Gasteiger partial charge >= 0.3 is 6.03 Å². The van der Waals surface area contributed by atoms with Gasteiger partial charge in [-0.2, -0.15) is 0 Å². The van der Waals surface area contributed by atoms with Crippen LogP contribution in [0.5, 0.6) is 0 Å². The standard InChI is InChI=1S/C14H28N4O3.ClH/c1-14(2,3)17-13(20)16-12(19)9-18-6-5-11(21-4)7-10(18)8-15;/h10-11H,5-9,15H2,1-4H3,(H2,16,17,19,20);1H. The fraction of sp³-hybridized carbons (Fsp3) is 0.857. The molecule has 1 aliphatic rings. The maximum Gasteiger partial charge on any atom is 0.321 e. The molecule has 1 aliphatic heterocycles. The Kier molecular flexibility index (Phi) is 8.92. The summed E-state index contributed by atoms with van der Waals surface area (Å²) in [4.78, 5) is 25.6. The first-order chi connectivity index (χ1) is 9.75. The Morgan fingerprint density at radius 2 is 2.00 bits per heavy atom. The average molecular weight is 337 g/mol. The minimum atomic E-state index is -0.469. The molecule has 0 bridgehead atoms. The van der Waals surface area contributed by atoms with Gasteiger partial charge in [-0.15, -0.1) is 12.4 Å². The maximum atomic E-state index is 11.9. The number of imide groups is 1. The van der Waals surface area contributed by atoms with Crippen LogP contribution in [0.4, 0.5) is 4.79 Å². The van der Waals surface area contributed by atoms with Crippen molar-refractivity contribution in [1.82, 2.24) is 15.5 Å². The van der Waals surface area contributed by atoms with E-state index in [-0.39, 0.29) is 42.5 Å². The molecule has 4 N–H and O–H groups in total. The summed E-state index contributed by atoms with van der Waals surface area (Å²) in [7, 11) is 1.69. The number of carbonyl (C=O) groups excluding carboxylic acids is 2. The van der Waals surface area contributed by atoms with Gasteiger partial charge in [-0.05, 0) is 33.6 Å². The lowest BCUT2D eigenvalue weighted by Gasteiger charge is -2.37. The summed E-state index contributed by atoms with van der Waals surface area (Å²) in [6.07, 6.45) is 1.88. The Hall–Kier alpha value is -0.890. The lowest BCUT2D eigenvalue weighted by Crippen LogP contribution is -2.54. The monoisotopic (exact) mass is 336 g/mol. The number of amides is 3. The molecule has 1 saturated heterocycles. The van der Waals surface area contributed by atoms with Gasteiger partial charge in [0.25, 0.3) is 0 Å². The predicted molar refractivity (Wildman–Crippen MR) is 88.1 cm³/mol. The van der Waals surface area contributed by atoms with Gasteiger partial charge in [0.1, 0.15) is 0 Å². The third kappa shape index (κ3) is 7.40. The highest BCUT2D eigenvalue weighted by molar-refractivity contribution is 5.95. The first-order valence-electron chi connectivity index (χ1n) is 7.34. The lowest BCUT2D eigenvalue weighted by atomic mass is 9.99. The van der Waals surface area contributed by atoms with Crippen molar-refractivity contribution >= 4 is 24.3 Å². The normalized spacial score (nSPS) is 22.6. The molecule has 3 amide bonds. The van der Waals surface area contributed by atoms with Gasteiger partial charge < -0.3 is 15.8 Å². The second-order valence-corrected chi connectivity index (χ2v) is 6.49. The van der Waals surface area contributed by atoms with Crippen LogP contribution in [-0.2, 0) is 9.53 Å². The van der Waals surface area contributed by atoms with Crippen molar-refractivity contribution in [1.29, 1.82) is 0 Å². The van der Waals surface area contributed by atoms with Crippen LogP contribution in [0, 0.1) is 0 Å². The van der Waals surface area contributed by atoms with Crippen LogP contribution in [0.3, 0.4) is 0 Å². The van der Waals surface area contributed by atoms with Gasteiger partial charge in [0.2, 0.25) is 5.91 Å². The van der Waals surface area contributed by atoms with Crippen LogP contribution in [-0.4, -0.2) is 61.3 Å². The van der Waals surface area contributed by atoms with E-state index >= 15 is 0 Å². The molecule has 0 radical (unpaired) electrons. The van der Waals surface area contributed by atoms with E-state index in [4.69, 9.17) is 10.5 Å². The number of nitrogens with one attached hydrogen (secondary N) is 2. The summed E-state index contributed by atoms with van der Waals surface area (Å²) in [6, 6.07) is -0.358. The summed E-state index contributed by atoms with van der Waals surface area (Å²) >= 11 is 0. The highest BCUT2D eigenvalue weighted by atomic mass is 35.5. The van der Waals surface area contributed by atoms with E-state index in [2.05, 4.69) is 10.6 Å². The van der Waals surface area contributed by atoms with Gasteiger partial charge in [-0.25, -0.2) is 4.79 Å². The predicted octanol–water partition coefficient (Wildman–Crippen LogP) is 0.471. The first kappa shape index (κ1) is 21.1. The molecule has 1 rings (SSSR count). The van der Waals surface area contributed by atoms with E-state index in [1.807, 2.05) is 25.7 Å². The number of urea groups is 1. The van der Waals surface area contributed by atoms with Crippen molar-refractivity contribution in [2.45, 2.75) is 51.3 Å². The molecule has 0 aromatic heterocycles. The molecule has 0 saturated carbocycles. The summed E-state index contributed by atoms with van der Waals surface area (Å²) in [5.41, 5.74) is 5.39. The summed E-state index contributed by atoms with van der Waals surface area (Å²) in [5.74, 6) is -0.314. The molecule has 7 nitrogen and oxygen atoms in total. The van der Waals surface area contributed by atoms with Crippen LogP contribution < -0.4 is 16.4 Å². The zero-order chi connectivity index (χ0) is 16.0. The third-order valence-corrected chi connectivity index (χ3v) is 3.48. The zero-order valence-corrected chi connectivity index (χ0v) is 14.7. The molecule has 22 heavy (non-hydrogen) atoms. The minimum absolute atomic E-state index is 0. The smallest absolute Gasteiger partial charge is 0.321 e. The van der Waals surface area contributed by atoms with E-state index in [1.165, 1.54) is 0 Å². The Labute approximate surface area is 138 Å². The average Bonchev–Trinajstić information content (AvgIpc) is 2.36. The first-order valence-corrected chi connectivity index (χ1v) is 7.34. The number of hydrogen-bond donors (Lipinski definition) is 3. The van der Waals surface area contributed by atoms with E-state index in [0.717, 1.165) is 19.4 Å². The van der Waals surface area contributed by atoms with Crippen LogP contribution in [0.25, 0.3) is 0 Å². The van der Waals surface area contributed by atoms with Crippen molar-refractivity contribution in [3.05, 3.63) is 0 Å². The van der Waals surface area contributed by atoms with E-state index in [1.54, 1.807) is 7.11 Å². The summed E-state index contributed by atoms with van der Waals surface area (Å²) in [6.45, 7) is 6.97. The van der Waals surface area contributed by atoms with Crippen LogP contribution in [0.2, 0.25) is 0 Å². The summed E-state index contributed by atoms with van der Waals surface area (Å²) in [5, 5.41) is 5.05. The number of likely N-dealkylation sites (tertiary alicyclic amines) is 1. The molecule has 0 spiro atoms. The topological polar surface area (TPSA) is 96.7 Å². The van der Waals surface area contributed by atoms with Gasteiger partial charge in [0.05, 0.1) is 12.6 Å². The number of piperidine rings is 1. The van der Waals surface area contributed by atoms with Gasteiger partial charge in [0, 0.05) is 31.8 Å². The molecule has 2 atom stereocenters. The number of ether oxygens (including phenoxy) is 1. The van der Waals surface area contributed by atoms with Crippen LogP contribution in [0.1, 0.15) is 33.6 Å². The third-order valence-electron chi connectivity index (χ3n) is 3.48. The van der Waals surface area contributed by atoms with E-state index in [9.17, 15) is 9.59 Å². The Bertz CT molecular complexity index is 374. The SMILES string of the molecule is COC1CCN(CC(=O)NC(=O)NC(C)(C)C)C(CN)C1.Cl. The van der Waals surface area contributed by atoms with E-state index < -0.39 is 6.03 Å². The lowest BCUT2D eigenvalue weighted by molar-refractivity contribution is -0.122. The number of carbonyl (C=O) groups is 2. The van der Waals surface area contributed by atoms with Crippen molar-refractivity contribution < 1.29 is 14.3 Å². The Morgan fingerprint density at radius 3 is 2.50 bits per heavy atom. The molecule has 0 aromatic rings. The molecule has 130 valence electrons. The van der Waals surface area contributed by atoms with Crippen molar-refractivity contribution in [3.8, 4) is 0 Å². The molecular weight excluding hydrogens is 308 g/mol. The quantitative estimate of drug-likeness (QED) is 0.693. The van der Waals surface area contributed by atoms with Crippen LogP contribution >= 0.6 is 12.4 Å². The second kappa shape index (κ2) is 9.29. The minimum Gasteiger partial charge on any atom is -0.381 e. The molecule has 2 unspecified atom stereocenters. The molecular formula is C14H29ClN4O3. The van der Waals surface area contributed by atoms with Crippen molar-refractivity contribution in [2.24, 2.45) is 5.73 Å². The number of rotatable bonds is 4. The zero-order valence-electron chi connectivity index (χ0n) is 13.8. The molecule has 0 aliphatic carbocycles. The Morgan fingerprint density at radius 1 is 1.36 bits per heavy atom. The number of halogens is 1. The fourth-order valence-electron chi connectivity index (χ4n) is 2.45.